The minimum atomic E-state index is -0.867. The molecule has 0 heterocycles. The fourth-order valence-electron chi connectivity index (χ4n) is 1.85. The van der Waals surface area contributed by atoms with Gasteiger partial charge in [0.1, 0.15) is 5.82 Å². The van der Waals surface area contributed by atoms with Crippen LogP contribution in [0.25, 0.3) is 0 Å². The lowest BCUT2D eigenvalue weighted by atomic mass is 10.1. The molecule has 1 amide bonds. The number of hydrogen-bond acceptors (Lipinski definition) is 3. The standard InChI is InChI=1S/C17H16FNO3/c1-11-7-8-13(9-12(11)2)19-16(20)10-22-17(21)14-5-3-4-6-15(14)18/h3-9H,10H2,1-2H3,(H,19,20). The zero-order chi connectivity index (χ0) is 16.1. The SMILES string of the molecule is Cc1ccc(NC(=O)COC(=O)c2ccccc2F)cc1C. The van der Waals surface area contributed by atoms with Crippen molar-refractivity contribution in [2.24, 2.45) is 0 Å². The van der Waals surface area contributed by atoms with Crippen LogP contribution in [0.2, 0.25) is 0 Å². The van der Waals surface area contributed by atoms with Crippen molar-refractivity contribution >= 4 is 17.6 Å². The maximum Gasteiger partial charge on any atom is 0.341 e. The number of nitrogens with one attached hydrogen (secondary N) is 1. The van der Waals surface area contributed by atoms with Crippen molar-refractivity contribution in [2.75, 3.05) is 11.9 Å². The number of halogens is 1. The summed E-state index contributed by atoms with van der Waals surface area (Å²) in [6, 6.07) is 10.9. The van der Waals surface area contributed by atoms with E-state index in [4.69, 9.17) is 4.74 Å². The Morgan fingerprint density at radius 1 is 1.09 bits per heavy atom. The van der Waals surface area contributed by atoms with Crippen LogP contribution in [-0.4, -0.2) is 18.5 Å². The van der Waals surface area contributed by atoms with E-state index in [9.17, 15) is 14.0 Å². The highest BCUT2D eigenvalue weighted by molar-refractivity contribution is 5.95. The molecule has 0 saturated heterocycles. The van der Waals surface area contributed by atoms with Crippen molar-refractivity contribution in [3.63, 3.8) is 0 Å². The van der Waals surface area contributed by atoms with Gasteiger partial charge in [0.05, 0.1) is 5.56 Å². The predicted molar refractivity (Wildman–Crippen MR) is 81.2 cm³/mol. The third kappa shape index (κ3) is 3.91. The number of ether oxygens (including phenoxy) is 1. The van der Waals surface area contributed by atoms with Gasteiger partial charge < -0.3 is 10.1 Å². The molecule has 0 aliphatic carbocycles. The molecule has 0 aliphatic rings. The van der Waals surface area contributed by atoms with Crippen LogP contribution in [0.5, 0.6) is 0 Å². The van der Waals surface area contributed by atoms with Crippen LogP contribution in [0.3, 0.4) is 0 Å². The van der Waals surface area contributed by atoms with Crippen LogP contribution in [-0.2, 0) is 9.53 Å². The van der Waals surface area contributed by atoms with Crippen LogP contribution in [0.4, 0.5) is 10.1 Å². The van der Waals surface area contributed by atoms with Gasteiger partial charge in [0, 0.05) is 5.69 Å². The van der Waals surface area contributed by atoms with Gasteiger partial charge in [-0.25, -0.2) is 9.18 Å². The lowest BCUT2D eigenvalue weighted by Crippen LogP contribution is -2.21. The third-order valence-corrected chi connectivity index (χ3v) is 3.22. The third-order valence-electron chi connectivity index (χ3n) is 3.22. The molecule has 22 heavy (non-hydrogen) atoms. The summed E-state index contributed by atoms with van der Waals surface area (Å²) in [5.74, 6) is -2.02. The number of esters is 1. The van der Waals surface area contributed by atoms with Gasteiger partial charge in [-0.1, -0.05) is 18.2 Å². The van der Waals surface area contributed by atoms with Crippen molar-refractivity contribution < 1.29 is 18.7 Å². The lowest BCUT2D eigenvalue weighted by Gasteiger charge is -2.08. The van der Waals surface area contributed by atoms with E-state index in [0.717, 1.165) is 17.2 Å². The minimum absolute atomic E-state index is 0.193. The zero-order valence-electron chi connectivity index (χ0n) is 12.4. The molecule has 0 fully saturated rings. The Labute approximate surface area is 127 Å². The van der Waals surface area contributed by atoms with Crippen LogP contribution in [0.15, 0.2) is 42.5 Å². The van der Waals surface area contributed by atoms with Gasteiger partial charge in [-0.2, -0.15) is 0 Å². The number of hydrogen-bond donors (Lipinski definition) is 1. The quantitative estimate of drug-likeness (QED) is 0.882. The second-order valence-corrected chi connectivity index (χ2v) is 4.90. The second kappa shape index (κ2) is 6.85. The maximum absolute atomic E-state index is 13.4. The van der Waals surface area contributed by atoms with Gasteiger partial charge in [0.2, 0.25) is 0 Å². The molecule has 0 aliphatic heterocycles. The highest BCUT2D eigenvalue weighted by Gasteiger charge is 2.14. The molecule has 0 radical (unpaired) electrons. The van der Waals surface area contributed by atoms with E-state index in [-0.39, 0.29) is 5.56 Å². The van der Waals surface area contributed by atoms with Crippen LogP contribution >= 0.6 is 0 Å². The Bertz CT molecular complexity index is 713. The molecular weight excluding hydrogens is 285 g/mol. The maximum atomic E-state index is 13.4. The van der Waals surface area contributed by atoms with E-state index in [1.165, 1.54) is 18.2 Å². The first-order chi connectivity index (χ1) is 10.5. The average molecular weight is 301 g/mol. The Kier molecular flexibility index (Phi) is 4.88. The highest BCUT2D eigenvalue weighted by Crippen LogP contribution is 2.14. The summed E-state index contributed by atoms with van der Waals surface area (Å²) in [6.45, 7) is 3.43. The number of aryl methyl sites for hydroxylation is 2. The smallest absolute Gasteiger partial charge is 0.341 e. The van der Waals surface area contributed by atoms with Crippen LogP contribution < -0.4 is 5.32 Å². The average Bonchev–Trinajstić information content (AvgIpc) is 2.49. The van der Waals surface area contributed by atoms with Gasteiger partial charge in [0.25, 0.3) is 5.91 Å². The van der Waals surface area contributed by atoms with E-state index in [1.54, 1.807) is 6.07 Å². The number of amides is 1. The molecule has 2 rings (SSSR count). The van der Waals surface area contributed by atoms with Crippen molar-refractivity contribution in [3.05, 3.63) is 65.0 Å². The molecule has 0 aromatic heterocycles. The largest absolute Gasteiger partial charge is 0.452 e. The van der Waals surface area contributed by atoms with Gasteiger partial charge in [0.15, 0.2) is 6.61 Å². The molecule has 0 atom stereocenters. The number of carbonyl (C=O) groups excluding carboxylic acids is 2. The Balaban J connectivity index is 1.91. The molecule has 2 aromatic rings. The normalized spacial score (nSPS) is 10.1. The topological polar surface area (TPSA) is 55.4 Å². The van der Waals surface area contributed by atoms with Crippen molar-refractivity contribution in [3.8, 4) is 0 Å². The van der Waals surface area contributed by atoms with Gasteiger partial charge in [-0.3, -0.25) is 4.79 Å². The highest BCUT2D eigenvalue weighted by atomic mass is 19.1. The lowest BCUT2D eigenvalue weighted by molar-refractivity contribution is -0.119. The molecule has 0 saturated carbocycles. The molecule has 114 valence electrons. The summed E-state index contributed by atoms with van der Waals surface area (Å²) in [6.07, 6.45) is 0. The number of rotatable bonds is 4. The second-order valence-electron chi connectivity index (χ2n) is 4.90. The fraction of sp³-hybridized carbons (Fsp3) is 0.176. The van der Waals surface area contributed by atoms with E-state index in [2.05, 4.69) is 5.32 Å². The van der Waals surface area contributed by atoms with Gasteiger partial charge in [-0.05, 0) is 49.2 Å². The van der Waals surface area contributed by atoms with E-state index in [0.29, 0.717) is 5.69 Å². The fourth-order valence-corrected chi connectivity index (χ4v) is 1.85. The molecule has 2 aromatic carbocycles. The summed E-state index contributed by atoms with van der Waals surface area (Å²) < 4.78 is 18.2. The molecular formula is C17H16FNO3. The van der Waals surface area contributed by atoms with E-state index in [1.807, 2.05) is 26.0 Å². The summed E-state index contributed by atoms with van der Waals surface area (Å²) in [4.78, 5) is 23.4. The van der Waals surface area contributed by atoms with Crippen LogP contribution in [0.1, 0.15) is 21.5 Å². The minimum Gasteiger partial charge on any atom is -0.452 e. The van der Waals surface area contributed by atoms with E-state index < -0.39 is 24.3 Å². The first-order valence-electron chi connectivity index (χ1n) is 6.76. The Hall–Kier alpha value is -2.69. The van der Waals surface area contributed by atoms with Crippen molar-refractivity contribution in [1.82, 2.24) is 0 Å². The Morgan fingerprint density at radius 2 is 1.82 bits per heavy atom. The monoisotopic (exact) mass is 301 g/mol. The summed E-state index contributed by atoms with van der Waals surface area (Å²) >= 11 is 0. The molecule has 4 nitrogen and oxygen atoms in total. The number of anilines is 1. The number of benzene rings is 2. The summed E-state index contributed by atoms with van der Waals surface area (Å²) in [5.41, 5.74) is 2.58. The van der Waals surface area contributed by atoms with Crippen LogP contribution in [0, 0.1) is 19.7 Å². The first kappa shape index (κ1) is 15.7. The van der Waals surface area contributed by atoms with Crippen molar-refractivity contribution in [2.45, 2.75) is 13.8 Å². The summed E-state index contributed by atoms with van der Waals surface area (Å²) in [5, 5.41) is 2.62. The van der Waals surface area contributed by atoms with Crippen molar-refractivity contribution in [1.29, 1.82) is 0 Å². The van der Waals surface area contributed by atoms with E-state index >= 15 is 0 Å². The molecule has 5 heteroatoms. The van der Waals surface area contributed by atoms with Gasteiger partial charge in [-0.15, -0.1) is 0 Å². The number of carbonyl (C=O) groups is 2. The molecule has 0 unspecified atom stereocenters. The zero-order valence-corrected chi connectivity index (χ0v) is 12.4. The predicted octanol–water partition coefficient (Wildman–Crippen LogP) is 3.24. The van der Waals surface area contributed by atoms with Gasteiger partial charge >= 0.3 is 5.97 Å². The first-order valence-corrected chi connectivity index (χ1v) is 6.76. The Morgan fingerprint density at radius 3 is 2.50 bits per heavy atom. The molecule has 1 N–H and O–H groups in total. The molecule has 0 spiro atoms. The summed E-state index contributed by atoms with van der Waals surface area (Å²) in [7, 11) is 0. The molecule has 0 bridgehead atoms.